The summed E-state index contributed by atoms with van der Waals surface area (Å²) in [6.45, 7) is 7.96. The summed E-state index contributed by atoms with van der Waals surface area (Å²) in [5, 5.41) is 12.6. The van der Waals surface area contributed by atoms with Gasteiger partial charge in [-0.25, -0.2) is 9.78 Å². The van der Waals surface area contributed by atoms with Crippen LogP contribution in [0.1, 0.15) is 62.1 Å². The SMILES string of the molecule is CC[C@H](C)[C@H](N)C(=O)N(C)[C@H](C[C@H](O)c1nc(C(=O)OC)cs1)C(C)C. The van der Waals surface area contributed by atoms with Gasteiger partial charge in [0.05, 0.1) is 13.2 Å². The second-order valence-electron chi connectivity index (χ2n) is 6.99. The Balaban J connectivity index is 2.88. The Hall–Kier alpha value is -1.51. The van der Waals surface area contributed by atoms with Crippen molar-refractivity contribution in [3.8, 4) is 0 Å². The summed E-state index contributed by atoms with van der Waals surface area (Å²) in [6, 6.07) is -0.757. The lowest BCUT2D eigenvalue weighted by Crippen LogP contribution is -2.51. The molecule has 148 valence electrons. The fourth-order valence-corrected chi connectivity index (χ4v) is 3.53. The number of ether oxygens (including phenoxy) is 1. The van der Waals surface area contributed by atoms with Crippen molar-refractivity contribution in [1.82, 2.24) is 9.88 Å². The Morgan fingerprint density at radius 2 is 2.00 bits per heavy atom. The molecule has 0 spiro atoms. The van der Waals surface area contributed by atoms with Crippen LogP contribution in [0.15, 0.2) is 5.38 Å². The number of nitrogens with two attached hydrogens (primary N) is 1. The first kappa shape index (κ1) is 22.5. The van der Waals surface area contributed by atoms with Gasteiger partial charge in [-0.1, -0.05) is 34.1 Å². The molecule has 0 radical (unpaired) electrons. The van der Waals surface area contributed by atoms with E-state index >= 15 is 0 Å². The summed E-state index contributed by atoms with van der Waals surface area (Å²) in [7, 11) is 3.01. The second-order valence-corrected chi connectivity index (χ2v) is 7.88. The topological polar surface area (TPSA) is 106 Å². The van der Waals surface area contributed by atoms with Gasteiger partial charge in [0.1, 0.15) is 11.1 Å². The third-order valence-electron chi connectivity index (χ3n) is 4.82. The zero-order valence-electron chi connectivity index (χ0n) is 16.4. The molecule has 1 heterocycles. The van der Waals surface area contributed by atoms with E-state index in [-0.39, 0.29) is 29.5 Å². The monoisotopic (exact) mass is 385 g/mol. The molecule has 3 N–H and O–H groups in total. The lowest BCUT2D eigenvalue weighted by atomic mass is 9.93. The van der Waals surface area contributed by atoms with Crippen molar-refractivity contribution < 1.29 is 19.4 Å². The van der Waals surface area contributed by atoms with E-state index < -0.39 is 18.1 Å². The number of aromatic nitrogens is 1. The highest BCUT2D eigenvalue weighted by molar-refractivity contribution is 7.09. The van der Waals surface area contributed by atoms with E-state index in [1.165, 1.54) is 18.4 Å². The van der Waals surface area contributed by atoms with E-state index in [4.69, 9.17) is 5.73 Å². The van der Waals surface area contributed by atoms with Crippen LogP contribution in [0.4, 0.5) is 0 Å². The molecule has 0 aliphatic carbocycles. The number of hydrogen-bond donors (Lipinski definition) is 2. The molecule has 26 heavy (non-hydrogen) atoms. The van der Waals surface area contributed by atoms with Crippen LogP contribution in [0.5, 0.6) is 0 Å². The van der Waals surface area contributed by atoms with E-state index in [2.05, 4.69) is 9.72 Å². The number of amides is 1. The van der Waals surface area contributed by atoms with Gasteiger partial charge < -0.3 is 20.5 Å². The zero-order valence-corrected chi connectivity index (χ0v) is 17.2. The molecule has 7 nitrogen and oxygen atoms in total. The largest absolute Gasteiger partial charge is 0.464 e. The minimum atomic E-state index is -0.874. The number of methoxy groups -OCH3 is 1. The Kier molecular flexibility index (Phi) is 8.66. The van der Waals surface area contributed by atoms with Crippen molar-refractivity contribution in [2.24, 2.45) is 17.6 Å². The number of aliphatic hydroxyl groups excluding tert-OH is 1. The van der Waals surface area contributed by atoms with Gasteiger partial charge >= 0.3 is 5.97 Å². The highest BCUT2D eigenvalue weighted by Gasteiger charge is 2.31. The van der Waals surface area contributed by atoms with Crippen molar-refractivity contribution in [2.75, 3.05) is 14.2 Å². The van der Waals surface area contributed by atoms with Crippen molar-refractivity contribution in [1.29, 1.82) is 0 Å². The lowest BCUT2D eigenvalue weighted by Gasteiger charge is -2.35. The molecular weight excluding hydrogens is 354 g/mol. The number of carbonyl (C=O) groups is 2. The Bertz CT molecular complexity index is 605. The van der Waals surface area contributed by atoms with Crippen molar-refractivity contribution in [3.63, 3.8) is 0 Å². The maximum absolute atomic E-state index is 12.7. The molecule has 8 heteroatoms. The Morgan fingerprint density at radius 3 is 2.50 bits per heavy atom. The highest BCUT2D eigenvalue weighted by atomic mass is 32.1. The standard InChI is InChI=1S/C18H31N3O4S/c1-7-11(4)15(19)17(23)21(5)13(10(2)3)8-14(22)16-20-12(9-26-16)18(24)25-6/h9-11,13-15,22H,7-8,19H2,1-6H3/t11-,13+,14-,15-/m0/s1. The molecule has 0 bridgehead atoms. The van der Waals surface area contributed by atoms with Gasteiger partial charge in [-0.05, 0) is 11.8 Å². The normalized spacial score (nSPS) is 16.0. The molecule has 0 aromatic carbocycles. The first-order chi connectivity index (χ1) is 12.1. The van der Waals surface area contributed by atoms with Crippen LogP contribution in [0.3, 0.4) is 0 Å². The zero-order chi connectivity index (χ0) is 20.0. The fraction of sp³-hybridized carbons (Fsp3) is 0.722. The number of carbonyl (C=O) groups excluding carboxylic acids is 2. The maximum Gasteiger partial charge on any atom is 0.357 e. The molecule has 1 aromatic rings. The van der Waals surface area contributed by atoms with Gasteiger partial charge in [-0.3, -0.25) is 4.79 Å². The van der Waals surface area contributed by atoms with Crippen molar-refractivity contribution in [2.45, 2.75) is 58.7 Å². The molecule has 4 atom stereocenters. The Morgan fingerprint density at radius 1 is 1.38 bits per heavy atom. The third-order valence-corrected chi connectivity index (χ3v) is 5.77. The van der Waals surface area contributed by atoms with Crippen molar-refractivity contribution >= 4 is 23.2 Å². The first-order valence-corrected chi connectivity index (χ1v) is 9.75. The molecule has 0 saturated carbocycles. The molecule has 1 aromatic heterocycles. The average Bonchev–Trinajstić information content (AvgIpc) is 3.12. The molecule has 0 aliphatic rings. The van der Waals surface area contributed by atoms with E-state index in [1.807, 2.05) is 27.7 Å². The average molecular weight is 386 g/mol. The van der Waals surface area contributed by atoms with Crippen LogP contribution in [0, 0.1) is 11.8 Å². The number of esters is 1. The summed E-state index contributed by atoms with van der Waals surface area (Å²) in [5.41, 5.74) is 6.27. The third kappa shape index (κ3) is 5.49. The van der Waals surface area contributed by atoms with E-state index in [0.717, 1.165) is 6.42 Å². The van der Waals surface area contributed by atoms with Crippen LogP contribution in [0.25, 0.3) is 0 Å². The van der Waals surface area contributed by atoms with Gasteiger partial charge in [0.25, 0.3) is 0 Å². The first-order valence-electron chi connectivity index (χ1n) is 8.87. The van der Waals surface area contributed by atoms with Gasteiger partial charge in [0.2, 0.25) is 5.91 Å². The Labute approximate surface area is 159 Å². The summed E-state index contributed by atoms with van der Waals surface area (Å²) >= 11 is 1.20. The molecule has 0 saturated heterocycles. The van der Waals surface area contributed by atoms with Gasteiger partial charge in [0.15, 0.2) is 5.69 Å². The summed E-state index contributed by atoms with van der Waals surface area (Å²) < 4.78 is 4.63. The van der Waals surface area contributed by atoms with Crippen molar-refractivity contribution in [3.05, 3.63) is 16.1 Å². The number of nitrogens with zero attached hydrogens (tertiary/aromatic N) is 2. The summed E-state index contributed by atoms with van der Waals surface area (Å²) in [6.07, 6.45) is 0.271. The molecule has 0 aliphatic heterocycles. The van der Waals surface area contributed by atoms with Crippen LogP contribution >= 0.6 is 11.3 Å². The number of thiazole rings is 1. The van der Waals surface area contributed by atoms with Gasteiger partial charge in [-0.2, -0.15) is 0 Å². The lowest BCUT2D eigenvalue weighted by molar-refractivity contribution is -0.136. The van der Waals surface area contributed by atoms with E-state index in [1.54, 1.807) is 17.3 Å². The van der Waals surface area contributed by atoms with E-state index in [9.17, 15) is 14.7 Å². The molecule has 0 unspecified atom stereocenters. The number of hydrogen-bond acceptors (Lipinski definition) is 7. The number of likely N-dealkylation sites (N-methyl/N-ethyl adjacent to an activating group) is 1. The molecular formula is C18H31N3O4S. The smallest absolute Gasteiger partial charge is 0.357 e. The molecule has 0 fully saturated rings. The maximum atomic E-state index is 12.7. The van der Waals surface area contributed by atoms with Gasteiger partial charge in [-0.15, -0.1) is 11.3 Å². The predicted octanol–water partition coefficient (Wildman–Crippen LogP) is 2.21. The van der Waals surface area contributed by atoms with Crippen LogP contribution in [-0.2, 0) is 9.53 Å². The molecule has 1 amide bonds. The highest BCUT2D eigenvalue weighted by Crippen LogP contribution is 2.27. The minimum absolute atomic E-state index is 0.0873. The van der Waals surface area contributed by atoms with Crippen LogP contribution < -0.4 is 5.73 Å². The predicted molar refractivity (Wildman–Crippen MR) is 102 cm³/mol. The quantitative estimate of drug-likeness (QED) is 0.631. The van der Waals surface area contributed by atoms with E-state index in [0.29, 0.717) is 11.4 Å². The summed E-state index contributed by atoms with van der Waals surface area (Å²) in [4.78, 5) is 30.0. The number of aliphatic hydroxyl groups is 1. The van der Waals surface area contributed by atoms with Crippen LogP contribution in [0.2, 0.25) is 0 Å². The van der Waals surface area contributed by atoms with Gasteiger partial charge in [0, 0.05) is 24.9 Å². The van der Waals surface area contributed by atoms with Crippen LogP contribution in [-0.4, -0.2) is 53.1 Å². The number of rotatable bonds is 9. The second kappa shape index (κ2) is 9.99. The minimum Gasteiger partial charge on any atom is -0.464 e. The fourth-order valence-electron chi connectivity index (χ4n) is 2.74. The molecule has 1 rings (SSSR count). The summed E-state index contributed by atoms with van der Waals surface area (Å²) in [5.74, 6) is -0.446.